The van der Waals surface area contributed by atoms with Crippen molar-refractivity contribution in [2.45, 2.75) is 26.3 Å². The Balaban J connectivity index is 2.04. The molecule has 0 aliphatic carbocycles. The second-order valence-corrected chi connectivity index (χ2v) is 5.20. The van der Waals surface area contributed by atoms with E-state index in [4.69, 9.17) is 11.6 Å². The third-order valence-corrected chi connectivity index (χ3v) is 3.17. The Morgan fingerprint density at radius 1 is 1.06 bits per heavy atom. The number of halogens is 1. The lowest BCUT2D eigenvalue weighted by atomic mass is 10.0. The van der Waals surface area contributed by atoms with Crippen LogP contribution in [0.25, 0.3) is 0 Å². The summed E-state index contributed by atoms with van der Waals surface area (Å²) < 4.78 is 0. The first kappa shape index (κ1) is 13.0. The second-order valence-electron chi connectivity index (χ2n) is 4.76. The zero-order chi connectivity index (χ0) is 13.0. The highest BCUT2D eigenvalue weighted by atomic mass is 35.5. The summed E-state index contributed by atoms with van der Waals surface area (Å²) in [5, 5.41) is 4.21. The Morgan fingerprint density at radius 2 is 1.83 bits per heavy atom. The molecular weight excluding hydrogens is 242 g/mol. The topological polar surface area (TPSA) is 12.0 Å². The second kappa shape index (κ2) is 5.92. The molecule has 2 aromatic rings. The van der Waals surface area contributed by atoms with Gasteiger partial charge in [0.2, 0.25) is 0 Å². The van der Waals surface area contributed by atoms with Crippen molar-refractivity contribution in [3.05, 3.63) is 64.7 Å². The molecule has 1 N–H and O–H groups in total. The van der Waals surface area contributed by atoms with Crippen LogP contribution in [0.3, 0.4) is 0 Å². The van der Waals surface area contributed by atoms with E-state index in [0.717, 1.165) is 17.3 Å². The van der Waals surface area contributed by atoms with Crippen molar-refractivity contribution < 1.29 is 0 Å². The number of hydrogen-bond acceptors (Lipinski definition) is 1. The van der Waals surface area contributed by atoms with E-state index in [1.165, 1.54) is 11.1 Å². The fourth-order valence-electron chi connectivity index (χ4n) is 1.86. The lowest BCUT2D eigenvalue weighted by molar-refractivity contribution is 0.866. The largest absolute Gasteiger partial charge is 0.381 e. The quantitative estimate of drug-likeness (QED) is 0.808. The Morgan fingerprint density at radius 3 is 2.56 bits per heavy atom. The van der Waals surface area contributed by atoms with Crippen molar-refractivity contribution >= 4 is 17.3 Å². The standard InChI is InChI=1S/C16H18ClN/c1-12(2)14-6-4-8-16(10-14)18-11-13-5-3-7-15(17)9-13/h3-10,12,18H,11H2,1-2H3. The van der Waals surface area contributed by atoms with E-state index in [1.54, 1.807) is 0 Å². The average molecular weight is 260 g/mol. The van der Waals surface area contributed by atoms with E-state index in [-0.39, 0.29) is 0 Å². The average Bonchev–Trinajstić information content (AvgIpc) is 2.37. The van der Waals surface area contributed by atoms with Gasteiger partial charge in [-0.15, -0.1) is 0 Å². The molecule has 18 heavy (non-hydrogen) atoms. The highest BCUT2D eigenvalue weighted by Gasteiger charge is 2.00. The molecule has 0 bridgehead atoms. The third kappa shape index (κ3) is 3.51. The molecule has 0 aliphatic heterocycles. The van der Waals surface area contributed by atoms with E-state index >= 15 is 0 Å². The van der Waals surface area contributed by atoms with E-state index in [9.17, 15) is 0 Å². The molecule has 0 fully saturated rings. The number of anilines is 1. The summed E-state index contributed by atoms with van der Waals surface area (Å²) in [5.74, 6) is 0.554. The van der Waals surface area contributed by atoms with Gasteiger partial charge in [0, 0.05) is 17.3 Å². The van der Waals surface area contributed by atoms with Gasteiger partial charge in [0.25, 0.3) is 0 Å². The fraction of sp³-hybridized carbons (Fsp3) is 0.250. The lowest BCUT2D eigenvalue weighted by Crippen LogP contribution is -2.00. The molecule has 2 aromatic carbocycles. The number of benzene rings is 2. The van der Waals surface area contributed by atoms with Gasteiger partial charge >= 0.3 is 0 Å². The van der Waals surface area contributed by atoms with Gasteiger partial charge in [-0.2, -0.15) is 0 Å². The normalized spacial score (nSPS) is 10.7. The number of hydrogen-bond donors (Lipinski definition) is 1. The molecule has 0 aromatic heterocycles. The Bertz CT molecular complexity index is 520. The third-order valence-electron chi connectivity index (χ3n) is 2.94. The van der Waals surface area contributed by atoms with Crippen LogP contribution in [0.5, 0.6) is 0 Å². The first-order chi connectivity index (χ1) is 8.65. The van der Waals surface area contributed by atoms with Crippen LogP contribution < -0.4 is 5.32 Å². The van der Waals surface area contributed by atoms with Crippen molar-refractivity contribution in [2.24, 2.45) is 0 Å². The molecule has 0 heterocycles. The summed E-state index contributed by atoms with van der Waals surface area (Å²) in [5.41, 5.74) is 3.70. The van der Waals surface area contributed by atoms with Crippen LogP contribution in [0.4, 0.5) is 5.69 Å². The van der Waals surface area contributed by atoms with Crippen LogP contribution in [-0.4, -0.2) is 0 Å². The summed E-state index contributed by atoms with van der Waals surface area (Å²) >= 11 is 5.97. The van der Waals surface area contributed by atoms with Gasteiger partial charge in [-0.3, -0.25) is 0 Å². The molecule has 94 valence electrons. The highest BCUT2D eigenvalue weighted by molar-refractivity contribution is 6.30. The molecule has 1 nitrogen and oxygen atoms in total. The maximum absolute atomic E-state index is 5.97. The van der Waals surface area contributed by atoms with Crippen LogP contribution in [0.2, 0.25) is 5.02 Å². The number of nitrogens with one attached hydrogen (secondary N) is 1. The molecule has 2 rings (SSSR count). The highest BCUT2D eigenvalue weighted by Crippen LogP contribution is 2.19. The molecular formula is C16H18ClN. The Labute approximate surface area is 114 Å². The Hall–Kier alpha value is -1.47. The Kier molecular flexibility index (Phi) is 4.27. The predicted octanol–water partition coefficient (Wildman–Crippen LogP) is 5.08. The van der Waals surface area contributed by atoms with Crippen molar-refractivity contribution in [2.75, 3.05) is 5.32 Å². The number of rotatable bonds is 4. The minimum atomic E-state index is 0.554. The van der Waals surface area contributed by atoms with Gasteiger partial charge in [-0.05, 0) is 41.3 Å². The zero-order valence-electron chi connectivity index (χ0n) is 10.8. The van der Waals surface area contributed by atoms with Crippen LogP contribution in [0.1, 0.15) is 30.9 Å². The molecule has 0 saturated heterocycles. The van der Waals surface area contributed by atoms with Crippen LogP contribution in [0, 0.1) is 0 Å². The van der Waals surface area contributed by atoms with Crippen molar-refractivity contribution in [1.29, 1.82) is 0 Å². The van der Waals surface area contributed by atoms with Crippen LogP contribution >= 0.6 is 11.6 Å². The van der Waals surface area contributed by atoms with Crippen molar-refractivity contribution in [3.8, 4) is 0 Å². The van der Waals surface area contributed by atoms with Crippen molar-refractivity contribution in [3.63, 3.8) is 0 Å². The molecule has 0 saturated carbocycles. The van der Waals surface area contributed by atoms with E-state index in [0.29, 0.717) is 5.92 Å². The summed E-state index contributed by atoms with van der Waals surface area (Å²) in [6.07, 6.45) is 0. The first-order valence-corrected chi connectivity index (χ1v) is 6.61. The van der Waals surface area contributed by atoms with Crippen molar-refractivity contribution in [1.82, 2.24) is 0 Å². The monoisotopic (exact) mass is 259 g/mol. The predicted molar refractivity (Wildman–Crippen MR) is 79.3 cm³/mol. The summed E-state index contributed by atoms with van der Waals surface area (Å²) in [7, 11) is 0. The van der Waals surface area contributed by atoms with Crippen LogP contribution in [-0.2, 0) is 6.54 Å². The molecule has 2 heteroatoms. The van der Waals surface area contributed by atoms with E-state index in [2.05, 4.69) is 49.5 Å². The summed E-state index contributed by atoms with van der Waals surface area (Å²) in [6, 6.07) is 16.5. The van der Waals surface area contributed by atoms with Crippen LogP contribution in [0.15, 0.2) is 48.5 Å². The van der Waals surface area contributed by atoms with Gasteiger partial charge in [0.15, 0.2) is 0 Å². The van der Waals surface area contributed by atoms with Gasteiger partial charge in [0.1, 0.15) is 0 Å². The van der Waals surface area contributed by atoms with Gasteiger partial charge in [-0.25, -0.2) is 0 Å². The lowest BCUT2D eigenvalue weighted by Gasteiger charge is -2.10. The van der Waals surface area contributed by atoms with E-state index < -0.39 is 0 Å². The summed E-state index contributed by atoms with van der Waals surface area (Å²) in [6.45, 7) is 5.20. The molecule has 0 aliphatic rings. The van der Waals surface area contributed by atoms with Gasteiger partial charge in [0.05, 0.1) is 0 Å². The SMILES string of the molecule is CC(C)c1cccc(NCc2cccc(Cl)c2)c1. The molecule has 0 radical (unpaired) electrons. The maximum atomic E-state index is 5.97. The summed E-state index contributed by atoms with van der Waals surface area (Å²) in [4.78, 5) is 0. The smallest absolute Gasteiger partial charge is 0.0409 e. The minimum absolute atomic E-state index is 0.554. The molecule has 0 spiro atoms. The molecule has 0 unspecified atom stereocenters. The van der Waals surface area contributed by atoms with Gasteiger partial charge in [-0.1, -0.05) is 49.7 Å². The maximum Gasteiger partial charge on any atom is 0.0409 e. The van der Waals surface area contributed by atoms with Gasteiger partial charge < -0.3 is 5.32 Å². The fourth-order valence-corrected chi connectivity index (χ4v) is 2.07. The molecule has 0 amide bonds. The first-order valence-electron chi connectivity index (χ1n) is 6.23. The zero-order valence-corrected chi connectivity index (χ0v) is 11.5. The minimum Gasteiger partial charge on any atom is -0.381 e. The van der Waals surface area contributed by atoms with E-state index in [1.807, 2.05) is 18.2 Å². The molecule has 0 atom stereocenters.